The van der Waals surface area contributed by atoms with E-state index < -0.39 is 0 Å². The number of rotatable bonds is 5. The summed E-state index contributed by atoms with van der Waals surface area (Å²) in [6.45, 7) is 2.10. The molecule has 0 aliphatic carbocycles. The number of thioether (sulfide) groups is 1. The molecule has 2 unspecified atom stereocenters. The van der Waals surface area contributed by atoms with Crippen LogP contribution in [0.3, 0.4) is 0 Å². The Labute approximate surface area is 108 Å². The Kier molecular flexibility index (Phi) is 4.14. The van der Waals surface area contributed by atoms with Gasteiger partial charge in [-0.15, -0.1) is 16.4 Å². The zero-order chi connectivity index (χ0) is 12.3. The van der Waals surface area contributed by atoms with Crippen LogP contribution < -0.4 is 5.73 Å². The summed E-state index contributed by atoms with van der Waals surface area (Å²) in [6.07, 6.45) is 0.931. The van der Waals surface area contributed by atoms with E-state index in [0.717, 1.165) is 11.6 Å². The molecule has 0 saturated carbocycles. The third-order valence-electron chi connectivity index (χ3n) is 2.50. The number of hydrogen-bond donors (Lipinski definition) is 1. The zero-order valence-electron chi connectivity index (χ0n) is 9.78. The Bertz CT molecular complexity index is 453. The Hall–Kier alpha value is -0.920. The van der Waals surface area contributed by atoms with Crippen LogP contribution in [0.1, 0.15) is 23.5 Å². The Balaban J connectivity index is 2.20. The van der Waals surface area contributed by atoms with Crippen molar-refractivity contribution < 1.29 is 0 Å². The van der Waals surface area contributed by atoms with Gasteiger partial charge in [-0.1, -0.05) is 24.8 Å². The van der Waals surface area contributed by atoms with Gasteiger partial charge in [0.25, 0.3) is 0 Å². The first-order valence-corrected chi connectivity index (χ1v) is 7.16. The summed E-state index contributed by atoms with van der Waals surface area (Å²) in [7, 11) is 1.84. The lowest BCUT2D eigenvalue weighted by atomic mass is 10.1. The second-order valence-corrected chi connectivity index (χ2v) is 5.80. The van der Waals surface area contributed by atoms with Gasteiger partial charge >= 0.3 is 0 Å². The fraction of sp³-hybridized carbons (Fsp3) is 0.500. The molecule has 17 heavy (non-hydrogen) atoms. The molecule has 2 heterocycles. The van der Waals surface area contributed by atoms with E-state index in [9.17, 15) is 0 Å². The molecule has 2 atom stereocenters. The van der Waals surface area contributed by atoms with E-state index in [0.29, 0.717) is 0 Å². The van der Waals surface area contributed by atoms with Gasteiger partial charge in [-0.3, -0.25) is 0 Å². The smallest absolute Gasteiger partial charge is 0.209 e. The van der Waals surface area contributed by atoms with Gasteiger partial charge in [-0.2, -0.15) is 0 Å². The average Bonchev–Trinajstić information content (AvgIpc) is 2.97. The predicted octanol–water partition coefficient (Wildman–Crippen LogP) is 1.84. The molecule has 0 radical (unpaired) electrons. The molecular formula is C10H15N5S2. The lowest BCUT2D eigenvalue weighted by molar-refractivity contribution is 0.629. The third-order valence-corrected chi connectivity index (χ3v) is 5.02. The standard InChI is InChI=1S/C10H15N5S2/c1-3-7(11)9(8-5-4-6-16-8)17-10-12-13-14-15(10)2/h4-7,9H,3,11H2,1-2H3. The molecule has 0 aliphatic heterocycles. The molecule has 5 nitrogen and oxygen atoms in total. The van der Waals surface area contributed by atoms with Gasteiger partial charge in [0, 0.05) is 18.0 Å². The zero-order valence-corrected chi connectivity index (χ0v) is 11.4. The molecule has 0 amide bonds. The number of thiophene rings is 1. The maximum Gasteiger partial charge on any atom is 0.209 e. The van der Waals surface area contributed by atoms with Crippen LogP contribution in [0.25, 0.3) is 0 Å². The van der Waals surface area contributed by atoms with Crippen LogP contribution in [-0.4, -0.2) is 26.2 Å². The molecule has 0 aromatic carbocycles. The van der Waals surface area contributed by atoms with E-state index in [1.54, 1.807) is 27.8 Å². The van der Waals surface area contributed by atoms with Crippen LogP contribution in [0.2, 0.25) is 0 Å². The van der Waals surface area contributed by atoms with Crippen molar-refractivity contribution in [2.75, 3.05) is 0 Å². The van der Waals surface area contributed by atoms with Crippen molar-refractivity contribution in [3.8, 4) is 0 Å². The van der Waals surface area contributed by atoms with Crippen molar-refractivity contribution in [2.24, 2.45) is 12.8 Å². The predicted molar refractivity (Wildman–Crippen MR) is 70.0 cm³/mol. The highest BCUT2D eigenvalue weighted by atomic mass is 32.2. The fourth-order valence-electron chi connectivity index (χ4n) is 1.46. The largest absolute Gasteiger partial charge is 0.326 e. The number of hydrogen-bond acceptors (Lipinski definition) is 6. The lowest BCUT2D eigenvalue weighted by Crippen LogP contribution is -2.25. The van der Waals surface area contributed by atoms with Gasteiger partial charge in [-0.05, 0) is 28.3 Å². The van der Waals surface area contributed by atoms with E-state index in [4.69, 9.17) is 5.73 Å². The Morgan fingerprint density at radius 3 is 2.94 bits per heavy atom. The van der Waals surface area contributed by atoms with E-state index >= 15 is 0 Å². The summed E-state index contributed by atoms with van der Waals surface area (Å²) < 4.78 is 1.67. The van der Waals surface area contributed by atoms with Crippen LogP contribution in [0.15, 0.2) is 22.7 Å². The van der Waals surface area contributed by atoms with Crippen molar-refractivity contribution in [2.45, 2.75) is 29.8 Å². The van der Waals surface area contributed by atoms with E-state index in [2.05, 4.69) is 33.9 Å². The van der Waals surface area contributed by atoms with Gasteiger partial charge in [0.15, 0.2) is 0 Å². The quantitative estimate of drug-likeness (QED) is 0.839. The minimum Gasteiger partial charge on any atom is -0.326 e. The fourth-order valence-corrected chi connectivity index (χ4v) is 3.61. The van der Waals surface area contributed by atoms with Crippen molar-refractivity contribution in [1.29, 1.82) is 0 Å². The summed E-state index contributed by atoms with van der Waals surface area (Å²) in [5.74, 6) is 0. The van der Waals surface area contributed by atoms with Crippen molar-refractivity contribution >= 4 is 23.1 Å². The summed E-state index contributed by atoms with van der Waals surface area (Å²) >= 11 is 3.35. The number of tetrazole rings is 1. The maximum absolute atomic E-state index is 6.18. The maximum atomic E-state index is 6.18. The van der Waals surface area contributed by atoms with Crippen LogP contribution in [0, 0.1) is 0 Å². The molecule has 2 N–H and O–H groups in total. The highest BCUT2D eigenvalue weighted by Crippen LogP contribution is 2.38. The highest BCUT2D eigenvalue weighted by Gasteiger charge is 2.23. The number of aromatic nitrogens is 4. The monoisotopic (exact) mass is 269 g/mol. The number of nitrogens with zero attached hydrogens (tertiary/aromatic N) is 4. The van der Waals surface area contributed by atoms with Gasteiger partial charge in [-0.25, -0.2) is 4.68 Å². The molecular weight excluding hydrogens is 254 g/mol. The van der Waals surface area contributed by atoms with Crippen LogP contribution in [0.5, 0.6) is 0 Å². The molecule has 0 saturated heterocycles. The van der Waals surface area contributed by atoms with Crippen LogP contribution in [0.4, 0.5) is 0 Å². The van der Waals surface area contributed by atoms with Crippen LogP contribution >= 0.6 is 23.1 Å². The Morgan fingerprint density at radius 1 is 1.59 bits per heavy atom. The second-order valence-electron chi connectivity index (χ2n) is 3.71. The minimum atomic E-state index is 0.107. The molecule has 0 aliphatic rings. The molecule has 92 valence electrons. The molecule has 2 aromatic heterocycles. The van der Waals surface area contributed by atoms with Gasteiger partial charge in [0.1, 0.15) is 0 Å². The molecule has 2 aromatic rings. The van der Waals surface area contributed by atoms with E-state index in [-0.39, 0.29) is 11.3 Å². The van der Waals surface area contributed by atoms with E-state index in [1.807, 2.05) is 13.1 Å². The summed E-state index contributed by atoms with van der Waals surface area (Å²) in [5, 5.41) is 14.6. The minimum absolute atomic E-state index is 0.107. The third kappa shape index (κ3) is 2.85. The van der Waals surface area contributed by atoms with Crippen molar-refractivity contribution in [3.05, 3.63) is 22.4 Å². The van der Waals surface area contributed by atoms with Crippen molar-refractivity contribution in [1.82, 2.24) is 20.2 Å². The normalized spacial score (nSPS) is 14.8. The second kappa shape index (κ2) is 5.61. The van der Waals surface area contributed by atoms with Gasteiger partial charge in [0.2, 0.25) is 5.16 Å². The van der Waals surface area contributed by atoms with Gasteiger partial charge in [0.05, 0.1) is 5.25 Å². The molecule has 0 bridgehead atoms. The summed E-state index contributed by atoms with van der Waals surface area (Å²) in [4.78, 5) is 1.27. The molecule has 0 spiro atoms. The highest BCUT2D eigenvalue weighted by molar-refractivity contribution is 7.99. The van der Waals surface area contributed by atoms with Crippen molar-refractivity contribution in [3.63, 3.8) is 0 Å². The van der Waals surface area contributed by atoms with Gasteiger partial charge < -0.3 is 5.73 Å². The lowest BCUT2D eigenvalue weighted by Gasteiger charge is -2.20. The first kappa shape index (κ1) is 12.5. The summed E-state index contributed by atoms with van der Waals surface area (Å²) in [6, 6.07) is 4.27. The Morgan fingerprint density at radius 2 is 2.41 bits per heavy atom. The molecule has 7 heteroatoms. The number of aryl methyl sites for hydroxylation is 1. The summed E-state index contributed by atoms with van der Waals surface area (Å²) in [5.41, 5.74) is 6.18. The molecule has 0 fully saturated rings. The first-order chi connectivity index (χ1) is 8.22. The SMILES string of the molecule is CCC(N)C(Sc1nnnn1C)c1cccs1. The van der Waals surface area contributed by atoms with E-state index in [1.165, 1.54) is 4.88 Å². The van der Waals surface area contributed by atoms with Crippen LogP contribution in [-0.2, 0) is 7.05 Å². The first-order valence-electron chi connectivity index (χ1n) is 5.40. The topological polar surface area (TPSA) is 69.6 Å². The average molecular weight is 269 g/mol. The molecule has 2 rings (SSSR count). The number of nitrogens with two attached hydrogens (primary N) is 1.